The van der Waals surface area contributed by atoms with Crippen LogP contribution < -0.4 is 10.6 Å². The van der Waals surface area contributed by atoms with E-state index in [9.17, 15) is 4.79 Å². The summed E-state index contributed by atoms with van der Waals surface area (Å²) < 4.78 is 0. The molecule has 0 aliphatic rings. The molecule has 2 rings (SSSR count). The van der Waals surface area contributed by atoms with Gasteiger partial charge < -0.3 is 10.6 Å². The van der Waals surface area contributed by atoms with Crippen molar-refractivity contribution in [1.29, 1.82) is 0 Å². The Labute approximate surface area is 133 Å². The van der Waals surface area contributed by atoms with Gasteiger partial charge in [0, 0.05) is 6.20 Å². The number of carbonyl (C=O) groups is 1. The molecule has 0 fully saturated rings. The molecule has 2 aromatic carbocycles. The molecule has 0 aliphatic carbocycles. The van der Waals surface area contributed by atoms with Crippen molar-refractivity contribution in [2.24, 2.45) is 0 Å². The number of urea groups is 1. The minimum absolute atomic E-state index is 0.389. The Balaban J connectivity index is 1.98. The number of benzene rings is 2. The molecule has 21 heavy (non-hydrogen) atoms. The lowest BCUT2D eigenvalue weighted by Crippen LogP contribution is -2.24. The number of nitrogens with one attached hydrogen (secondary N) is 2. The number of carbonyl (C=O) groups excluding carboxylic acids is 1. The summed E-state index contributed by atoms with van der Waals surface area (Å²) in [5, 5.41) is 6.01. The number of amides is 2. The van der Waals surface area contributed by atoms with Crippen LogP contribution in [0.2, 0.25) is 10.0 Å². The third kappa shape index (κ3) is 4.25. The summed E-state index contributed by atoms with van der Waals surface area (Å²) in [7, 11) is 0. The zero-order valence-corrected chi connectivity index (χ0v) is 12.9. The van der Waals surface area contributed by atoms with E-state index < -0.39 is 6.03 Å². The van der Waals surface area contributed by atoms with Gasteiger partial charge in [0.1, 0.15) is 0 Å². The Morgan fingerprint density at radius 1 is 1.05 bits per heavy atom. The predicted molar refractivity (Wildman–Crippen MR) is 88.8 cm³/mol. The van der Waals surface area contributed by atoms with Crippen molar-refractivity contribution in [2.45, 2.75) is 6.92 Å². The second-order valence-electron chi connectivity index (χ2n) is 4.39. The van der Waals surface area contributed by atoms with Gasteiger partial charge in [-0.2, -0.15) is 0 Å². The highest BCUT2D eigenvalue weighted by atomic mass is 35.5. The number of hydrogen-bond donors (Lipinski definition) is 2. The van der Waals surface area contributed by atoms with Crippen LogP contribution in [0.3, 0.4) is 0 Å². The van der Waals surface area contributed by atoms with Crippen LogP contribution in [0.4, 0.5) is 10.5 Å². The minimum Gasteiger partial charge on any atom is -0.314 e. The average Bonchev–Trinajstić information content (AvgIpc) is 2.45. The molecular formula is C16H14Cl2N2O. The maximum Gasteiger partial charge on any atom is 0.323 e. The standard InChI is InChI=1S/C16H14Cl2N2O/c1-11-5-2-3-6-12(11)9-10-19-16(21)20-15-13(17)7-4-8-14(15)18/h2-10H,1H3,(H2,19,20,21)/b10-9+. The second-order valence-corrected chi connectivity index (χ2v) is 5.20. The minimum atomic E-state index is -0.408. The Bertz CT molecular complexity index is 663. The van der Waals surface area contributed by atoms with E-state index in [-0.39, 0.29) is 0 Å². The summed E-state index contributed by atoms with van der Waals surface area (Å²) in [6.07, 6.45) is 3.39. The number of aryl methyl sites for hydroxylation is 1. The van der Waals surface area contributed by atoms with E-state index in [1.54, 1.807) is 24.4 Å². The Morgan fingerprint density at radius 2 is 1.71 bits per heavy atom. The summed E-state index contributed by atoms with van der Waals surface area (Å²) in [5.74, 6) is 0. The molecule has 2 amide bonds. The van der Waals surface area contributed by atoms with Gasteiger partial charge in [-0.3, -0.25) is 0 Å². The molecule has 3 nitrogen and oxygen atoms in total. The smallest absolute Gasteiger partial charge is 0.314 e. The van der Waals surface area contributed by atoms with E-state index in [1.807, 2.05) is 37.3 Å². The number of hydrogen-bond acceptors (Lipinski definition) is 1. The number of rotatable bonds is 3. The van der Waals surface area contributed by atoms with Gasteiger partial charge in [0.25, 0.3) is 0 Å². The molecule has 5 heteroatoms. The van der Waals surface area contributed by atoms with Crippen LogP contribution in [0, 0.1) is 6.92 Å². The fourth-order valence-corrected chi connectivity index (χ4v) is 2.24. The Hall–Kier alpha value is -1.97. The molecule has 2 aromatic rings. The SMILES string of the molecule is Cc1ccccc1/C=C/NC(=O)Nc1c(Cl)cccc1Cl. The fourth-order valence-electron chi connectivity index (χ4n) is 1.75. The molecule has 0 atom stereocenters. The molecule has 108 valence electrons. The first-order valence-corrected chi connectivity index (χ1v) is 7.07. The molecule has 2 N–H and O–H groups in total. The van der Waals surface area contributed by atoms with E-state index in [0.717, 1.165) is 11.1 Å². The van der Waals surface area contributed by atoms with Crippen molar-refractivity contribution in [3.63, 3.8) is 0 Å². The van der Waals surface area contributed by atoms with E-state index in [2.05, 4.69) is 10.6 Å². The van der Waals surface area contributed by atoms with Gasteiger partial charge in [-0.05, 0) is 36.3 Å². The molecule has 0 unspecified atom stereocenters. The summed E-state index contributed by atoms with van der Waals surface area (Å²) in [6.45, 7) is 2.00. The van der Waals surface area contributed by atoms with Crippen LogP contribution in [-0.2, 0) is 0 Å². The molecule has 0 radical (unpaired) electrons. The molecule has 0 aliphatic heterocycles. The highest BCUT2D eigenvalue weighted by Crippen LogP contribution is 2.29. The zero-order valence-electron chi connectivity index (χ0n) is 11.4. The van der Waals surface area contributed by atoms with Crippen molar-refractivity contribution >= 4 is 41.0 Å². The van der Waals surface area contributed by atoms with Gasteiger partial charge in [-0.15, -0.1) is 0 Å². The molecule has 0 bridgehead atoms. The van der Waals surface area contributed by atoms with E-state index in [0.29, 0.717) is 15.7 Å². The third-order valence-corrected chi connectivity index (χ3v) is 3.50. The fraction of sp³-hybridized carbons (Fsp3) is 0.0625. The summed E-state index contributed by atoms with van der Waals surface area (Å²) in [4.78, 5) is 11.8. The van der Waals surface area contributed by atoms with E-state index in [4.69, 9.17) is 23.2 Å². The van der Waals surface area contributed by atoms with Crippen LogP contribution in [-0.4, -0.2) is 6.03 Å². The maximum atomic E-state index is 11.8. The van der Waals surface area contributed by atoms with Crippen LogP contribution in [0.5, 0.6) is 0 Å². The van der Waals surface area contributed by atoms with Crippen molar-refractivity contribution in [3.05, 3.63) is 69.8 Å². The van der Waals surface area contributed by atoms with Crippen molar-refractivity contribution in [2.75, 3.05) is 5.32 Å². The highest BCUT2D eigenvalue weighted by molar-refractivity contribution is 6.39. The summed E-state index contributed by atoms with van der Waals surface area (Å²) in [6, 6.07) is 12.5. The van der Waals surface area contributed by atoms with E-state index in [1.165, 1.54) is 0 Å². The van der Waals surface area contributed by atoms with Crippen LogP contribution in [0.25, 0.3) is 6.08 Å². The highest BCUT2D eigenvalue weighted by Gasteiger charge is 2.07. The number of halogens is 2. The molecular weight excluding hydrogens is 307 g/mol. The Kier molecular flexibility index (Phi) is 5.26. The lowest BCUT2D eigenvalue weighted by atomic mass is 10.1. The first kappa shape index (κ1) is 15.4. The van der Waals surface area contributed by atoms with Gasteiger partial charge in [0.15, 0.2) is 0 Å². The molecule has 0 aromatic heterocycles. The first-order chi connectivity index (χ1) is 10.1. The lowest BCUT2D eigenvalue weighted by molar-refractivity contribution is 0.255. The number of para-hydroxylation sites is 1. The molecule has 0 spiro atoms. The second kappa shape index (κ2) is 7.16. The topological polar surface area (TPSA) is 41.1 Å². The number of anilines is 1. The average molecular weight is 321 g/mol. The largest absolute Gasteiger partial charge is 0.323 e. The lowest BCUT2D eigenvalue weighted by Gasteiger charge is -2.08. The van der Waals surface area contributed by atoms with Gasteiger partial charge in [0.05, 0.1) is 15.7 Å². The molecule has 0 saturated heterocycles. The summed E-state index contributed by atoms with van der Waals surface area (Å²) >= 11 is 12.0. The van der Waals surface area contributed by atoms with E-state index >= 15 is 0 Å². The van der Waals surface area contributed by atoms with Crippen LogP contribution in [0.15, 0.2) is 48.7 Å². The van der Waals surface area contributed by atoms with Gasteiger partial charge in [0.2, 0.25) is 0 Å². The maximum absolute atomic E-state index is 11.8. The molecule has 0 heterocycles. The Morgan fingerprint density at radius 3 is 2.38 bits per heavy atom. The normalized spacial score (nSPS) is 10.6. The predicted octanol–water partition coefficient (Wildman–Crippen LogP) is 5.09. The monoisotopic (exact) mass is 320 g/mol. The third-order valence-electron chi connectivity index (χ3n) is 2.87. The van der Waals surface area contributed by atoms with Gasteiger partial charge in [-0.1, -0.05) is 53.5 Å². The first-order valence-electron chi connectivity index (χ1n) is 6.31. The summed E-state index contributed by atoms with van der Waals surface area (Å²) in [5.41, 5.74) is 2.56. The zero-order chi connectivity index (χ0) is 15.2. The quantitative estimate of drug-likeness (QED) is 0.812. The van der Waals surface area contributed by atoms with Gasteiger partial charge in [-0.25, -0.2) is 4.79 Å². The van der Waals surface area contributed by atoms with Crippen LogP contribution in [0.1, 0.15) is 11.1 Å². The van der Waals surface area contributed by atoms with Crippen molar-refractivity contribution in [1.82, 2.24) is 5.32 Å². The van der Waals surface area contributed by atoms with Crippen molar-refractivity contribution < 1.29 is 4.79 Å². The van der Waals surface area contributed by atoms with Crippen LogP contribution >= 0.6 is 23.2 Å². The molecule has 0 saturated carbocycles. The van der Waals surface area contributed by atoms with Gasteiger partial charge >= 0.3 is 6.03 Å². The van der Waals surface area contributed by atoms with Crippen molar-refractivity contribution in [3.8, 4) is 0 Å².